The molecule has 3 unspecified atom stereocenters. The first-order chi connectivity index (χ1) is 30.8. The van der Waals surface area contributed by atoms with Gasteiger partial charge in [0.1, 0.15) is 13.2 Å². The first-order valence-electron chi connectivity index (χ1n) is 27.3. The number of ether oxygens (including phenoxy) is 3. The van der Waals surface area contributed by atoms with E-state index in [0.29, 0.717) is 22.6 Å². The summed E-state index contributed by atoms with van der Waals surface area (Å²) in [5, 5.41) is 0. The Morgan fingerprint density at radius 2 is 0.698 bits per heavy atom. The Morgan fingerprint density at radius 1 is 0.413 bits per heavy atom. The van der Waals surface area contributed by atoms with Crippen LogP contribution >= 0.6 is 0 Å². The molecule has 0 radical (unpaired) electrons. The molecule has 1 aromatic heterocycles. The maximum Gasteiger partial charge on any atom is 0.314 e. The maximum atomic E-state index is 14.2. The van der Waals surface area contributed by atoms with Gasteiger partial charge in [0, 0.05) is 17.3 Å². The molecule has 7 nitrogen and oxygen atoms in total. The second-order valence-corrected chi connectivity index (χ2v) is 19.1. The number of aromatic nitrogens is 1. The molecule has 63 heavy (non-hydrogen) atoms. The second kappa shape index (κ2) is 41.0. The fraction of sp³-hybridized carbons (Fsp3) is 0.857. The van der Waals surface area contributed by atoms with Crippen molar-refractivity contribution >= 4 is 17.9 Å². The van der Waals surface area contributed by atoms with Crippen molar-refractivity contribution in [1.29, 1.82) is 0 Å². The first-order valence-corrected chi connectivity index (χ1v) is 27.3. The van der Waals surface area contributed by atoms with E-state index in [1.54, 1.807) is 6.20 Å². The van der Waals surface area contributed by atoms with E-state index in [2.05, 4.69) is 41.5 Å². The molecule has 0 bridgehead atoms. The molecule has 0 amide bonds. The van der Waals surface area contributed by atoms with Crippen LogP contribution in [0.4, 0.5) is 0 Å². The molecule has 0 fully saturated rings. The van der Waals surface area contributed by atoms with Gasteiger partial charge in [-0.25, -0.2) is 0 Å². The predicted octanol–water partition coefficient (Wildman–Crippen LogP) is 17.4. The number of unbranched alkanes of at least 4 members (excludes halogenated alkanes) is 24. The van der Waals surface area contributed by atoms with E-state index < -0.39 is 0 Å². The highest BCUT2D eigenvalue weighted by molar-refractivity contribution is 5.76. The number of nitrogens with zero attached hydrogens (tertiary/aromatic N) is 1. The molecule has 0 aliphatic heterocycles. The van der Waals surface area contributed by atoms with Gasteiger partial charge in [0.15, 0.2) is 5.75 Å². The number of carbonyl (C=O) groups excluding carboxylic acids is 3. The van der Waals surface area contributed by atoms with Gasteiger partial charge >= 0.3 is 17.9 Å². The van der Waals surface area contributed by atoms with Crippen molar-refractivity contribution < 1.29 is 28.6 Å². The summed E-state index contributed by atoms with van der Waals surface area (Å²) < 4.78 is 18.8. The molecule has 0 N–H and O–H groups in total. The smallest absolute Gasteiger partial charge is 0.314 e. The monoisotopic (exact) mass is 884 g/mol. The highest BCUT2D eigenvalue weighted by Gasteiger charge is 2.27. The largest absolute Gasteiger partial charge is 0.461 e. The van der Waals surface area contributed by atoms with Crippen molar-refractivity contribution in [2.75, 3.05) is 0 Å². The third-order valence-corrected chi connectivity index (χ3v) is 13.3. The van der Waals surface area contributed by atoms with Gasteiger partial charge < -0.3 is 14.2 Å². The van der Waals surface area contributed by atoms with Gasteiger partial charge in [-0.1, -0.05) is 234 Å². The van der Waals surface area contributed by atoms with E-state index in [-0.39, 0.29) is 48.9 Å². The van der Waals surface area contributed by atoms with Gasteiger partial charge in [-0.2, -0.15) is 0 Å². The third-order valence-electron chi connectivity index (χ3n) is 13.3. The lowest BCUT2D eigenvalue weighted by molar-refractivity contribution is -0.152. The van der Waals surface area contributed by atoms with Gasteiger partial charge in [-0.3, -0.25) is 19.4 Å². The van der Waals surface area contributed by atoms with Crippen molar-refractivity contribution in [2.45, 2.75) is 293 Å². The zero-order chi connectivity index (χ0) is 46.2. The average Bonchev–Trinajstić information content (AvgIpc) is 3.28. The summed E-state index contributed by atoms with van der Waals surface area (Å²) in [7, 11) is 0. The van der Waals surface area contributed by atoms with Crippen molar-refractivity contribution in [1.82, 2.24) is 4.98 Å². The first kappa shape index (κ1) is 58.6. The highest BCUT2D eigenvalue weighted by atomic mass is 16.6. The van der Waals surface area contributed by atoms with E-state index in [1.807, 2.05) is 6.92 Å². The zero-order valence-electron chi connectivity index (χ0n) is 42.6. The molecule has 0 saturated carbocycles. The zero-order valence-corrected chi connectivity index (χ0v) is 42.6. The topological polar surface area (TPSA) is 91.8 Å². The molecule has 0 aromatic carbocycles. The summed E-state index contributed by atoms with van der Waals surface area (Å²) in [6.07, 6.45) is 41.2. The number of hydrogen-bond acceptors (Lipinski definition) is 7. The Labute approximate surface area is 389 Å². The number of esters is 3. The lowest BCUT2D eigenvalue weighted by Gasteiger charge is -2.22. The summed E-state index contributed by atoms with van der Waals surface area (Å²) in [5.41, 5.74) is 1.81. The van der Waals surface area contributed by atoms with Gasteiger partial charge in [0.25, 0.3) is 0 Å². The fourth-order valence-electron chi connectivity index (χ4n) is 8.91. The molecule has 1 rings (SSSR count). The Balaban J connectivity index is 3.44. The number of rotatable bonds is 44. The normalized spacial score (nSPS) is 12.9. The van der Waals surface area contributed by atoms with Crippen LogP contribution in [0.15, 0.2) is 6.20 Å². The summed E-state index contributed by atoms with van der Waals surface area (Å²) in [6, 6.07) is 0. The minimum Gasteiger partial charge on any atom is -0.461 e. The lowest BCUT2D eigenvalue weighted by atomic mass is 9.94. The van der Waals surface area contributed by atoms with Crippen LogP contribution in [0.5, 0.6) is 5.75 Å². The van der Waals surface area contributed by atoms with Crippen LogP contribution in [0.3, 0.4) is 0 Å². The molecule has 0 aliphatic rings. The standard InChI is InChI=1S/C56H101NO6/c1-8-14-20-26-29-35-40-48(38-32-23-17-11-4)54(58)61-45-51-44-57-47(7)53(63-56(60)50(42-34-25-19-13-6)43-37-31-28-22-16-10-3)52(51)46-62-55(59)49(39-33-24-18-12-5)41-36-30-27-21-15-9-2/h44,48-50H,8-43,45-46H2,1-7H3. The average molecular weight is 884 g/mol. The van der Waals surface area contributed by atoms with Crippen molar-refractivity contribution in [2.24, 2.45) is 17.8 Å². The third kappa shape index (κ3) is 29.0. The molecule has 1 aromatic rings. The van der Waals surface area contributed by atoms with E-state index in [9.17, 15) is 14.4 Å². The van der Waals surface area contributed by atoms with Gasteiger partial charge in [-0.05, 0) is 45.4 Å². The quantitative estimate of drug-likeness (QED) is 0.0476. The van der Waals surface area contributed by atoms with Crippen molar-refractivity contribution in [3.63, 3.8) is 0 Å². The number of hydrogen-bond donors (Lipinski definition) is 0. The van der Waals surface area contributed by atoms with Crippen LogP contribution in [0.2, 0.25) is 0 Å². The molecule has 366 valence electrons. The summed E-state index contributed by atoms with van der Waals surface area (Å²) in [6.45, 7) is 15.2. The number of aryl methyl sites for hydroxylation is 1. The molecule has 0 saturated heterocycles. The Kier molecular flexibility index (Phi) is 38.1. The van der Waals surface area contributed by atoms with Gasteiger partial charge in [0.2, 0.25) is 0 Å². The van der Waals surface area contributed by atoms with Crippen molar-refractivity contribution in [3.8, 4) is 5.75 Å². The molecule has 1 heterocycles. The lowest BCUT2D eigenvalue weighted by Crippen LogP contribution is -2.24. The summed E-state index contributed by atoms with van der Waals surface area (Å²) in [5.74, 6) is -0.725. The van der Waals surface area contributed by atoms with E-state index in [0.717, 1.165) is 141 Å². The van der Waals surface area contributed by atoms with E-state index in [4.69, 9.17) is 19.2 Å². The van der Waals surface area contributed by atoms with Crippen LogP contribution in [0.25, 0.3) is 0 Å². The molecular formula is C56H101NO6. The van der Waals surface area contributed by atoms with Crippen LogP contribution in [-0.2, 0) is 37.1 Å². The molecule has 0 spiro atoms. The SMILES string of the molecule is CCCCCCCCC(CCCCCC)C(=O)OCc1cnc(C)c(OC(=O)C(CCCCCC)CCCCCCCC)c1COC(=O)C(CCCCCC)CCCCCCCC. The van der Waals surface area contributed by atoms with Gasteiger partial charge in [0.05, 0.1) is 23.4 Å². The second-order valence-electron chi connectivity index (χ2n) is 19.1. The Bertz CT molecular complexity index is 1260. The van der Waals surface area contributed by atoms with Crippen LogP contribution in [-0.4, -0.2) is 22.9 Å². The van der Waals surface area contributed by atoms with Crippen molar-refractivity contribution in [3.05, 3.63) is 23.0 Å². The minimum atomic E-state index is -0.227. The number of pyridine rings is 1. The van der Waals surface area contributed by atoms with Gasteiger partial charge in [-0.15, -0.1) is 0 Å². The molecule has 3 atom stereocenters. The molecular weight excluding hydrogens is 783 g/mol. The van der Waals surface area contributed by atoms with Crippen LogP contribution < -0.4 is 4.74 Å². The summed E-state index contributed by atoms with van der Waals surface area (Å²) >= 11 is 0. The minimum absolute atomic E-state index is 0.00191. The maximum absolute atomic E-state index is 14.2. The Morgan fingerprint density at radius 3 is 1.05 bits per heavy atom. The van der Waals surface area contributed by atoms with E-state index >= 15 is 0 Å². The highest BCUT2D eigenvalue weighted by Crippen LogP contribution is 2.31. The van der Waals surface area contributed by atoms with Crippen LogP contribution in [0.1, 0.15) is 290 Å². The van der Waals surface area contributed by atoms with E-state index in [1.165, 1.54) is 89.9 Å². The molecule has 7 heteroatoms. The predicted molar refractivity (Wildman–Crippen MR) is 265 cm³/mol. The molecule has 0 aliphatic carbocycles. The number of carbonyl (C=O) groups is 3. The summed E-state index contributed by atoms with van der Waals surface area (Å²) in [4.78, 5) is 46.8. The Hall–Kier alpha value is -2.44. The fourth-order valence-corrected chi connectivity index (χ4v) is 8.91. The van der Waals surface area contributed by atoms with Crippen LogP contribution in [0, 0.1) is 24.7 Å².